The third kappa shape index (κ3) is 4.36. The van der Waals surface area contributed by atoms with Gasteiger partial charge in [-0.1, -0.05) is 0 Å². The largest absolute Gasteiger partial charge is 0.384 e. The van der Waals surface area contributed by atoms with Crippen molar-refractivity contribution in [3.8, 4) is 0 Å². The molecule has 2 N–H and O–H groups in total. The van der Waals surface area contributed by atoms with E-state index in [0.29, 0.717) is 12.6 Å². The maximum atomic E-state index is 11.3. The smallest absolute Gasteiger partial charge is 0.213 e. The molecule has 1 fully saturated rings. The number of ether oxygens (including phenoxy) is 1. The molecule has 1 unspecified atom stereocenters. The van der Waals surface area contributed by atoms with Gasteiger partial charge in [0.15, 0.2) is 0 Å². The summed E-state index contributed by atoms with van der Waals surface area (Å²) < 4.78 is 29.9. The van der Waals surface area contributed by atoms with Crippen LogP contribution in [0, 0.1) is 0 Å². The van der Waals surface area contributed by atoms with E-state index in [4.69, 9.17) is 4.74 Å². The molecule has 1 aliphatic heterocycles. The molecule has 0 aromatic rings. The Kier molecular flexibility index (Phi) is 4.80. The SMILES string of the molecule is COCCS(=O)(=O)NCC1CCCN1. The lowest BCUT2D eigenvalue weighted by Crippen LogP contribution is -2.38. The van der Waals surface area contributed by atoms with Gasteiger partial charge in [0.25, 0.3) is 0 Å². The van der Waals surface area contributed by atoms with Crippen molar-refractivity contribution in [2.24, 2.45) is 0 Å². The van der Waals surface area contributed by atoms with Gasteiger partial charge in [-0.05, 0) is 19.4 Å². The lowest BCUT2D eigenvalue weighted by molar-refractivity contribution is 0.217. The fourth-order valence-corrected chi connectivity index (χ4v) is 2.41. The van der Waals surface area contributed by atoms with Crippen LogP contribution in [-0.4, -0.2) is 47.0 Å². The maximum absolute atomic E-state index is 11.3. The highest BCUT2D eigenvalue weighted by molar-refractivity contribution is 7.89. The molecule has 5 nitrogen and oxygen atoms in total. The number of rotatable bonds is 6. The fraction of sp³-hybridized carbons (Fsp3) is 1.00. The van der Waals surface area contributed by atoms with Crippen LogP contribution in [0.4, 0.5) is 0 Å². The van der Waals surface area contributed by atoms with E-state index in [9.17, 15) is 8.42 Å². The van der Waals surface area contributed by atoms with E-state index in [0.717, 1.165) is 19.4 Å². The number of hydrogen-bond acceptors (Lipinski definition) is 4. The molecule has 84 valence electrons. The minimum atomic E-state index is -3.15. The zero-order chi connectivity index (χ0) is 10.4. The molecule has 6 heteroatoms. The third-order valence-corrected chi connectivity index (χ3v) is 3.58. The summed E-state index contributed by atoms with van der Waals surface area (Å²) in [6, 6.07) is 0.298. The molecule has 1 rings (SSSR count). The first-order valence-electron chi connectivity index (χ1n) is 4.84. The van der Waals surface area contributed by atoms with Gasteiger partial charge in [-0.2, -0.15) is 0 Å². The van der Waals surface area contributed by atoms with E-state index in [1.54, 1.807) is 0 Å². The van der Waals surface area contributed by atoms with E-state index in [1.807, 2.05) is 0 Å². The standard InChI is InChI=1S/C8H18N2O3S/c1-13-5-6-14(11,12)10-7-8-3-2-4-9-8/h8-10H,2-7H2,1H3. The topological polar surface area (TPSA) is 67.4 Å². The average Bonchev–Trinajstić information content (AvgIpc) is 2.64. The van der Waals surface area contributed by atoms with Gasteiger partial charge in [0.1, 0.15) is 0 Å². The van der Waals surface area contributed by atoms with Crippen molar-refractivity contribution in [3.05, 3.63) is 0 Å². The average molecular weight is 222 g/mol. The second-order valence-electron chi connectivity index (χ2n) is 3.45. The Balaban J connectivity index is 2.21. The Morgan fingerprint density at radius 1 is 1.57 bits per heavy atom. The second kappa shape index (κ2) is 5.65. The first kappa shape index (κ1) is 11.9. The number of nitrogens with one attached hydrogen (secondary N) is 2. The number of methoxy groups -OCH3 is 1. The highest BCUT2D eigenvalue weighted by atomic mass is 32.2. The molecule has 0 aromatic carbocycles. The van der Waals surface area contributed by atoms with Gasteiger partial charge < -0.3 is 10.1 Å². The summed E-state index contributed by atoms with van der Waals surface area (Å²) in [7, 11) is -1.65. The lowest BCUT2D eigenvalue weighted by atomic mass is 10.2. The molecule has 0 saturated carbocycles. The zero-order valence-corrected chi connectivity index (χ0v) is 9.27. The van der Waals surface area contributed by atoms with E-state index >= 15 is 0 Å². The molecular weight excluding hydrogens is 204 g/mol. The minimum absolute atomic E-state index is 0.0379. The summed E-state index contributed by atoms with van der Waals surface area (Å²) >= 11 is 0. The Bertz CT molecular complexity index is 247. The maximum Gasteiger partial charge on any atom is 0.213 e. The van der Waals surface area contributed by atoms with Crippen molar-refractivity contribution in [1.82, 2.24) is 10.0 Å². The normalized spacial score (nSPS) is 22.8. The summed E-state index contributed by atoms with van der Waals surface area (Å²) in [6.45, 7) is 1.73. The lowest BCUT2D eigenvalue weighted by Gasteiger charge is -2.11. The fourth-order valence-electron chi connectivity index (χ4n) is 1.42. The summed E-state index contributed by atoms with van der Waals surface area (Å²) in [5.41, 5.74) is 0. The number of sulfonamides is 1. The highest BCUT2D eigenvalue weighted by Crippen LogP contribution is 2.03. The van der Waals surface area contributed by atoms with Crippen LogP contribution >= 0.6 is 0 Å². The van der Waals surface area contributed by atoms with Crippen LogP contribution in [0.3, 0.4) is 0 Å². The molecule has 0 aliphatic carbocycles. The van der Waals surface area contributed by atoms with Crippen molar-refractivity contribution in [1.29, 1.82) is 0 Å². The monoisotopic (exact) mass is 222 g/mol. The predicted octanol–water partition coefficient (Wildman–Crippen LogP) is -0.696. The van der Waals surface area contributed by atoms with Gasteiger partial charge in [0, 0.05) is 19.7 Å². The van der Waals surface area contributed by atoms with Crippen LogP contribution in [0.5, 0.6) is 0 Å². The van der Waals surface area contributed by atoms with Gasteiger partial charge in [-0.3, -0.25) is 0 Å². The molecule has 0 radical (unpaired) electrons. The Hall–Kier alpha value is -0.170. The summed E-state index contributed by atoms with van der Waals surface area (Å²) in [4.78, 5) is 0. The van der Waals surface area contributed by atoms with Crippen molar-refractivity contribution in [2.45, 2.75) is 18.9 Å². The Labute approximate surface area is 85.3 Å². The van der Waals surface area contributed by atoms with Crippen LogP contribution < -0.4 is 10.0 Å². The predicted molar refractivity (Wildman–Crippen MR) is 54.7 cm³/mol. The van der Waals surface area contributed by atoms with Crippen LogP contribution in [0.15, 0.2) is 0 Å². The van der Waals surface area contributed by atoms with Gasteiger partial charge in [0.05, 0.1) is 12.4 Å². The van der Waals surface area contributed by atoms with Crippen molar-refractivity contribution in [2.75, 3.05) is 32.6 Å². The minimum Gasteiger partial charge on any atom is -0.384 e. The molecule has 1 heterocycles. The van der Waals surface area contributed by atoms with E-state index in [-0.39, 0.29) is 12.4 Å². The van der Waals surface area contributed by atoms with Crippen molar-refractivity contribution >= 4 is 10.0 Å². The van der Waals surface area contributed by atoms with Crippen LogP contribution in [0.2, 0.25) is 0 Å². The third-order valence-electron chi connectivity index (χ3n) is 2.27. The molecule has 0 bridgehead atoms. The van der Waals surface area contributed by atoms with Crippen LogP contribution in [0.25, 0.3) is 0 Å². The van der Waals surface area contributed by atoms with Crippen LogP contribution in [0.1, 0.15) is 12.8 Å². The summed E-state index contributed by atoms with van der Waals surface area (Å²) in [5, 5.41) is 3.23. The van der Waals surface area contributed by atoms with E-state index < -0.39 is 10.0 Å². The molecule has 14 heavy (non-hydrogen) atoms. The van der Waals surface area contributed by atoms with Crippen LogP contribution in [-0.2, 0) is 14.8 Å². The van der Waals surface area contributed by atoms with Crippen molar-refractivity contribution in [3.63, 3.8) is 0 Å². The molecule has 1 aliphatic rings. The van der Waals surface area contributed by atoms with Gasteiger partial charge in [0.2, 0.25) is 10.0 Å². The Morgan fingerprint density at radius 3 is 2.93 bits per heavy atom. The van der Waals surface area contributed by atoms with Gasteiger partial charge in [-0.25, -0.2) is 13.1 Å². The van der Waals surface area contributed by atoms with Gasteiger partial charge >= 0.3 is 0 Å². The quantitative estimate of drug-likeness (QED) is 0.624. The van der Waals surface area contributed by atoms with Crippen molar-refractivity contribution < 1.29 is 13.2 Å². The molecular formula is C8H18N2O3S. The molecule has 0 spiro atoms. The zero-order valence-electron chi connectivity index (χ0n) is 8.45. The highest BCUT2D eigenvalue weighted by Gasteiger charge is 2.17. The summed E-state index contributed by atoms with van der Waals surface area (Å²) in [6.07, 6.45) is 2.18. The van der Waals surface area contributed by atoms with E-state index in [2.05, 4.69) is 10.0 Å². The summed E-state index contributed by atoms with van der Waals surface area (Å²) in [5.74, 6) is 0.0379. The number of hydrogen-bond donors (Lipinski definition) is 2. The Morgan fingerprint density at radius 2 is 2.36 bits per heavy atom. The first-order chi connectivity index (χ1) is 6.64. The molecule has 0 amide bonds. The molecule has 0 aromatic heterocycles. The first-order valence-corrected chi connectivity index (χ1v) is 6.49. The van der Waals surface area contributed by atoms with Gasteiger partial charge in [-0.15, -0.1) is 0 Å². The second-order valence-corrected chi connectivity index (χ2v) is 5.38. The molecule has 1 saturated heterocycles. The van der Waals surface area contributed by atoms with E-state index in [1.165, 1.54) is 7.11 Å². The molecule has 1 atom stereocenters.